The molecular weight excluding hydrogens is 368 g/mol. The number of aliphatic carboxylic acids is 1. The second kappa shape index (κ2) is 7.41. The first kappa shape index (κ1) is 22.2. The zero-order valence-electron chi connectivity index (χ0n) is 14.8. The van der Waals surface area contributed by atoms with Crippen molar-refractivity contribution >= 4 is 36.5 Å². The number of carboxylic acid groups (broad SMARTS) is 2. The van der Waals surface area contributed by atoms with Crippen molar-refractivity contribution in [2.45, 2.75) is 51.0 Å². The minimum absolute atomic E-state index is 0.00449. The first-order valence-electron chi connectivity index (χ1n) is 7.89. The molecule has 11 heteroatoms. The third kappa shape index (κ3) is 2.83. The van der Waals surface area contributed by atoms with Crippen LogP contribution in [0.5, 0.6) is 0 Å². The molecule has 0 unspecified atom stereocenters. The van der Waals surface area contributed by atoms with Crippen molar-refractivity contribution in [3.05, 3.63) is 0 Å². The van der Waals surface area contributed by atoms with Crippen molar-refractivity contribution in [1.29, 1.82) is 0 Å². The van der Waals surface area contributed by atoms with Gasteiger partial charge in [-0.1, -0.05) is 20.8 Å². The molecule has 1 aliphatic rings. The highest BCUT2D eigenvalue weighted by atomic mass is 32.1. The molecule has 1 fully saturated rings. The number of thiol groups is 1. The van der Waals surface area contributed by atoms with Crippen LogP contribution >= 0.6 is 12.6 Å². The van der Waals surface area contributed by atoms with Crippen LogP contribution in [0.25, 0.3) is 0 Å². The fourth-order valence-corrected chi connectivity index (χ4v) is 4.13. The Balaban J connectivity index is 3.98. The zero-order valence-corrected chi connectivity index (χ0v) is 15.7. The average Bonchev–Trinajstić information content (AvgIpc) is 2.75. The van der Waals surface area contributed by atoms with E-state index >= 15 is 0 Å². The maximum absolute atomic E-state index is 12.3. The SMILES string of the molecule is CC(=O)N(C(=O)O)[C@](CS)(C(=O)O)[C@]1([C@@H](O)C(C)C)NC(=O)[C@H](C)[C@@H]1O. The van der Waals surface area contributed by atoms with Gasteiger partial charge in [-0.3, -0.25) is 9.59 Å². The Morgan fingerprint density at radius 3 is 2.08 bits per heavy atom. The molecular formula is C15H24N2O8S. The van der Waals surface area contributed by atoms with Gasteiger partial charge in [0.2, 0.25) is 11.8 Å². The van der Waals surface area contributed by atoms with Crippen LogP contribution < -0.4 is 5.32 Å². The number of amides is 3. The lowest BCUT2D eigenvalue weighted by atomic mass is 9.66. The van der Waals surface area contributed by atoms with Gasteiger partial charge in [0.1, 0.15) is 5.54 Å². The van der Waals surface area contributed by atoms with Crippen LogP contribution in [0.1, 0.15) is 27.7 Å². The number of carbonyl (C=O) groups is 4. The standard InChI is InChI=1S/C15H24N2O8S/c1-6(2)9(19)15(10(20)7(3)11(21)16-15)14(5-26,12(22)23)17(8(4)18)13(24)25/h6-7,9-10,19-20,26H,5H2,1-4H3,(H,16,21)(H,22,23)(H,24,25)/t7-,9+,10+,14-,15-/m1/s1. The van der Waals surface area contributed by atoms with Gasteiger partial charge < -0.3 is 25.7 Å². The van der Waals surface area contributed by atoms with Gasteiger partial charge in [-0.2, -0.15) is 12.6 Å². The van der Waals surface area contributed by atoms with E-state index in [4.69, 9.17) is 0 Å². The summed E-state index contributed by atoms with van der Waals surface area (Å²) < 4.78 is 0. The van der Waals surface area contributed by atoms with Gasteiger partial charge >= 0.3 is 12.1 Å². The Bertz CT molecular complexity index is 613. The van der Waals surface area contributed by atoms with Gasteiger partial charge in [0, 0.05) is 12.7 Å². The smallest absolute Gasteiger partial charge is 0.415 e. The van der Waals surface area contributed by atoms with Gasteiger partial charge in [-0.25, -0.2) is 14.5 Å². The number of aliphatic hydroxyl groups is 2. The molecule has 0 saturated carbocycles. The minimum atomic E-state index is -2.75. The number of nitrogens with one attached hydrogen (secondary N) is 1. The third-order valence-electron chi connectivity index (χ3n) is 4.94. The summed E-state index contributed by atoms with van der Waals surface area (Å²) >= 11 is 3.95. The van der Waals surface area contributed by atoms with E-state index in [0.717, 1.165) is 6.92 Å². The van der Waals surface area contributed by atoms with E-state index in [0.29, 0.717) is 0 Å². The predicted molar refractivity (Wildman–Crippen MR) is 91.7 cm³/mol. The zero-order chi connectivity index (χ0) is 20.6. The molecule has 1 rings (SSSR count). The fourth-order valence-electron chi connectivity index (χ4n) is 3.59. The number of carbonyl (C=O) groups excluding carboxylic acids is 2. The predicted octanol–water partition coefficient (Wildman–Crippen LogP) is -0.851. The highest BCUT2D eigenvalue weighted by Crippen LogP contribution is 2.44. The van der Waals surface area contributed by atoms with Crippen molar-refractivity contribution in [3.8, 4) is 0 Å². The molecule has 1 aliphatic heterocycles. The third-order valence-corrected chi connectivity index (χ3v) is 5.39. The second-order valence-electron chi connectivity index (χ2n) is 6.74. The number of nitrogens with zero attached hydrogens (tertiary/aromatic N) is 1. The van der Waals surface area contributed by atoms with E-state index in [9.17, 15) is 39.6 Å². The Morgan fingerprint density at radius 1 is 1.35 bits per heavy atom. The lowest BCUT2D eigenvalue weighted by Crippen LogP contribution is -2.82. The summed E-state index contributed by atoms with van der Waals surface area (Å²) in [6.45, 7) is 5.13. The largest absolute Gasteiger partial charge is 0.479 e. The summed E-state index contributed by atoms with van der Waals surface area (Å²) in [6, 6.07) is 0. The van der Waals surface area contributed by atoms with Crippen molar-refractivity contribution < 1.29 is 39.6 Å². The first-order valence-corrected chi connectivity index (χ1v) is 8.52. The molecule has 0 aromatic heterocycles. The molecule has 0 bridgehead atoms. The van der Waals surface area contributed by atoms with E-state index in [-0.39, 0.29) is 4.90 Å². The summed E-state index contributed by atoms with van der Waals surface area (Å²) in [5.41, 5.74) is -5.15. The van der Waals surface area contributed by atoms with Crippen LogP contribution in [-0.2, 0) is 14.4 Å². The van der Waals surface area contributed by atoms with E-state index < -0.39 is 64.8 Å². The van der Waals surface area contributed by atoms with E-state index in [1.165, 1.54) is 20.8 Å². The van der Waals surface area contributed by atoms with Crippen LogP contribution in [0, 0.1) is 11.8 Å². The highest BCUT2D eigenvalue weighted by Gasteiger charge is 2.73. The number of aliphatic hydroxyl groups excluding tert-OH is 2. The molecule has 5 N–H and O–H groups in total. The molecule has 26 heavy (non-hydrogen) atoms. The number of hydrogen-bond acceptors (Lipinski definition) is 7. The minimum Gasteiger partial charge on any atom is -0.479 e. The van der Waals surface area contributed by atoms with E-state index in [1.54, 1.807) is 0 Å². The normalized spacial score (nSPS) is 29.0. The number of imide groups is 1. The molecule has 5 atom stereocenters. The molecule has 1 heterocycles. The quantitative estimate of drug-likeness (QED) is 0.318. The topological polar surface area (TPSA) is 164 Å². The maximum atomic E-state index is 12.3. The summed E-state index contributed by atoms with van der Waals surface area (Å²) in [4.78, 5) is 48.3. The lowest BCUT2D eigenvalue weighted by molar-refractivity contribution is -0.174. The molecule has 0 aliphatic carbocycles. The Morgan fingerprint density at radius 2 is 1.85 bits per heavy atom. The van der Waals surface area contributed by atoms with Gasteiger partial charge in [0.05, 0.1) is 18.1 Å². The molecule has 0 aromatic rings. The van der Waals surface area contributed by atoms with Crippen molar-refractivity contribution in [3.63, 3.8) is 0 Å². The molecule has 3 amide bonds. The van der Waals surface area contributed by atoms with Gasteiger partial charge in [0.25, 0.3) is 0 Å². The van der Waals surface area contributed by atoms with Crippen LogP contribution in [0.4, 0.5) is 4.79 Å². The second-order valence-corrected chi connectivity index (χ2v) is 7.06. The van der Waals surface area contributed by atoms with Crippen LogP contribution in [0.3, 0.4) is 0 Å². The number of rotatable bonds is 6. The van der Waals surface area contributed by atoms with Gasteiger partial charge in [0.15, 0.2) is 5.54 Å². The van der Waals surface area contributed by atoms with Crippen LogP contribution in [0.15, 0.2) is 0 Å². The van der Waals surface area contributed by atoms with E-state index in [2.05, 4.69) is 17.9 Å². The molecule has 0 aromatic carbocycles. The van der Waals surface area contributed by atoms with Gasteiger partial charge in [-0.15, -0.1) is 0 Å². The Labute approximate surface area is 155 Å². The summed E-state index contributed by atoms with van der Waals surface area (Å²) in [5, 5.41) is 43.3. The molecule has 148 valence electrons. The number of carboxylic acids is 1. The molecule has 10 nitrogen and oxygen atoms in total. The average molecular weight is 392 g/mol. The maximum Gasteiger partial charge on any atom is 0.415 e. The Hall–Kier alpha value is -1.85. The fraction of sp³-hybridized carbons (Fsp3) is 0.733. The van der Waals surface area contributed by atoms with Crippen LogP contribution in [-0.4, -0.2) is 78.2 Å². The van der Waals surface area contributed by atoms with Crippen molar-refractivity contribution in [2.24, 2.45) is 11.8 Å². The van der Waals surface area contributed by atoms with Crippen LogP contribution in [0.2, 0.25) is 0 Å². The molecule has 1 saturated heterocycles. The summed E-state index contributed by atoms with van der Waals surface area (Å²) in [6.07, 6.45) is -5.40. The lowest BCUT2D eigenvalue weighted by Gasteiger charge is -2.53. The van der Waals surface area contributed by atoms with E-state index in [1.807, 2.05) is 0 Å². The van der Waals surface area contributed by atoms with Gasteiger partial charge in [-0.05, 0) is 5.92 Å². The summed E-state index contributed by atoms with van der Waals surface area (Å²) in [5.74, 6) is -6.41. The monoisotopic (exact) mass is 392 g/mol. The van der Waals surface area contributed by atoms with Crippen molar-refractivity contribution in [2.75, 3.05) is 5.75 Å². The first-order chi connectivity index (χ1) is 11.8. The Kier molecular flexibility index (Phi) is 6.32. The number of hydrogen-bond donors (Lipinski definition) is 6. The summed E-state index contributed by atoms with van der Waals surface area (Å²) in [7, 11) is 0. The molecule has 0 radical (unpaired) electrons. The highest BCUT2D eigenvalue weighted by molar-refractivity contribution is 7.80. The van der Waals surface area contributed by atoms with Crippen molar-refractivity contribution in [1.82, 2.24) is 10.2 Å². The molecule has 0 spiro atoms.